The molecule has 140 valence electrons. The second-order valence-electron chi connectivity index (χ2n) is 7.70. The smallest absolute Gasteiger partial charge is 0.308 e. The molecule has 2 aromatic carbocycles. The molecule has 1 fully saturated rings. The van der Waals surface area contributed by atoms with Crippen LogP contribution < -0.4 is 0 Å². The van der Waals surface area contributed by atoms with Crippen molar-refractivity contribution < 1.29 is 14.7 Å². The van der Waals surface area contributed by atoms with Gasteiger partial charge in [0.25, 0.3) is 0 Å². The number of carboxylic acid groups (broad SMARTS) is 1. The molecule has 0 aromatic heterocycles. The summed E-state index contributed by atoms with van der Waals surface area (Å²) < 4.78 is 0. The van der Waals surface area contributed by atoms with Gasteiger partial charge in [-0.05, 0) is 59.9 Å². The Balaban J connectivity index is 1.34. The van der Waals surface area contributed by atoms with Crippen LogP contribution in [-0.2, 0) is 22.4 Å². The van der Waals surface area contributed by atoms with Crippen molar-refractivity contribution in [1.82, 2.24) is 4.90 Å². The molecule has 1 aliphatic heterocycles. The summed E-state index contributed by atoms with van der Waals surface area (Å²) in [7, 11) is 0. The highest BCUT2D eigenvalue weighted by molar-refractivity contribution is 5.78. The maximum Gasteiger partial charge on any atom is 0.308 e. The van der Waals surface area contributed by atoms with Crippen molar-refractivity contribution in [3.8, 4) is 11.1 Å². The van der Waals surface area contributed by atoms with Gasteiger partial charge in [-0.15, -0.1) is 0 Å². The number of aryl methyl sites for hydroxylation is 1. The number of rotatable bonds is 5. The lowest BCUT2D eigenvalue weighted by Crippen LogP contribution is -2.42. The number of fused-ring (bicyclic) bond motifs is 3. The highest BCUT2D eigenvalue weighted by Crippen LogP contribution is 2.37. The Morgan fingerprint density at radius 1 is 1.07 bits per heavy atom. The Labute approximate surface area is 159 Å². The van der Waals surface area contributed by atoms with Gasteiger partial charge in [0.15, 0.2) is 0 Å². The van der Waals surface area contributed by atoms with E-state index in [-0.39, 0.29) is 5.91 Å². The largest absolute Gasteiger partial charge is 0.481 e. The summed E-state index contributed by atoms with van der Waals surface area (Å²) >= 11 is 0. The van der Waals surface area contributed by atoms with Crippen molar-refractivity contribution in [2.45, 2.75) is 38.5 Å². The predicted octanol–water partition coefficient (Wildman–Crippen LogP) is 3.90. The molecule has 0 unspecified atom stereocenters. The first-order valence-corrected chi connectivity index (χ1v) is 9.82. The number of amides is 1. The fourth-order valence-electron chi connectivity index (χ4n) is 4.33. The predicted molar refractivity (Wildman–Crippen MR) is 105 cm³/mol. The van der Waals surface area contributed by atoms with Gasteiger partial charge in [0.2, 0.25) is 5.91 Å². The molecule has 0 radical (unpaired) electrons. The third-order valence-electron chi connectivity index (χ3n) is 5.84. The summed E-state index contributed by atoms with van der Waals surface area (Å²) in [6.07, 6.45) is 4.62. The number of carbonyl (C=O) groups excluding carboxylic acids is 1. The Morgan fingerprint density at radius 3 is 2.74 bits per heavy atom. The number of aliphatic carboxylic acids is 1. The maximum absolute atomic E-state index is 12.4. The van der Waals surface area contributed by atoms with E-state index in [0.29, 0.717) is 25.9 Å². The van der Waals surface area contributed by atoms with Crippen LogP contribution in [0.3, 0.4) is 0 Å². The number of benzene rings is 2. The first-order valence-electron chi connectivity index (χ1n) is 9.82. The lowest BCUT2D eigenvalue weighted by molar-refractivity contribution is -0.145. The van der Waals surface area contributed by atoms with Gasteiger partial charge in [-0.2, -0.15) is 0 Å². The van der Waals surface area contributed by atoms with Crippen LogP contribution >= 0.6 is 0 Å². The number of piperidine rings is 1. The summed E-state index contributed by atoms with van der Waals surface area (Å²) in [5, 5.41) is 9.17. The third-order valence-corrected chi connectivity index (χ3v) is 5.84. The average Bonchev–Trinajstić information content (AvgIpc) is 3.06. The van der Waals surface area contributed by atoms with Crippen molar-refractivity contribution in [3.05, 3.63) is 59.2 Å². The number of hydrogen-bond donors (Lipinski definition) is 1. The van der Waals surface area contributed by atoms with Gasteiger partial charge in [0.1, 0.15) is 0 Å². The topological polar surface area (TPSA) is 57.6 Å². The molecular weight excluding hydrogens is 338 g/mol. The van der Waals surface area contributed by atoms with Gasteiger partial charge in [-0.1, -0.05) is 42.5 Å². The molecule has 1 N–H and O–H groups in total. The van der Waals surface area contributed by atoms with Crippen molar-refractivity contribution in [2.24, 2.45) is 5.92 Å². The molecule has 1 heterocycles. The van der Waals surface area contributed by atoms with E-state index < -0.39 is 11.9 Å². The zero-order chi connectivity index (χ0) is 18.8. The van der Waals surface area contributed by atoms with E-state index in [4.69, 9.17) is 0 Å². The van der Waals surface area contributed by atoms with E-state index in [0.717, 1.165) is 25.7 Å². The Hall–Kier alpha value is -2.62. The molecule has 0 bridgehead atoms. The van der Waals surface area contributed by atoms with E-state index in [2.05, 4.69) is 42.5 Å². The minimum Gasteiger partial charge on any atom is -0.481 e. The van der Waals surface area contributed by atoms with Crippen LogP contribution in [0.25, 0.3) is 11.1 Å². The summed E-state index contributed by atoms with van der Waals surface area (Å²) in [4.78, 5) is 25.3. The molecule has 1 amide bonds. The van der Waals surface area contributed by atoms with Gasteiger partial charge >= 0.3 is 5.97 Å². The molecule has 0 spiro atoms. The SMILES string of the molecule is O=C(O)[C@H]1CCCN(C(=O)CCCc2ccc3c(c2)-c2ccccc2C3)C1. The third kappa shape index (κ3) is 3.75. The van der Waals surface area contributed by atoms with E-state index in [1.807, 2.05) is 0 Å². The lowest BCUT2D eigenvalue weighted by Gasteiger charge is -2.30. The fraction of sp³-hybridized carbons (Fsp3) is 0.391. The van der Waals surface area contributed by atoms with Gasteiger partial charge in [0.05, 0.1) is 5.92 Å². The summed E-state index contributed by atoms with van der Waals surface area (Å²) in [5.74, 6) is -1.10. The molecule has 0 saturated carbocycles. The second kappa shape index (κ2) is 7.55. The first-order chi connectivity index (χ1) is 13.1. The molecule has 27 heavy (non-hydrogen) atoms. The monoisotopic (exact) mass is 363 g/mol. The van der Waals surface area contributed by atoms with Crippen molar-refractivity contribution in [2.75, 3.05) is 13.1 Å². The van der Waals surface area contributed by atoms with E-state index in [9.17, 15) is 14.7 Å². The van der Waals surface area contributed by atoms with Gasteiger partial charge in [-0.3, -0.25) is 9.59 Å². The van der Waals surface area contributed by atoms with Crippen LogP contribution in [0.2, 0.25) is 0 Å². The molecule has 1 aliphatic carbocycles. The molecule has 4 nitrogen and oxygen atoms in total. The number of carboxylic acids is 1. The molecule has 1 atom stereocenters. The minimum absolute atomic E-state index is 0.0902. The lowest BCUT2D eigenvalue weighted by atomic mass is 9.97. The zero-order valence-corrected chi connectivity index (χ0v) is 15.5. The van der Waals surface area contributed by atoms with Gasteiger partial charge in [0, 0.05) is 19.5 Å². The Bertz CT molecular complexity index is 874. The normalized spacial score (nSPS) is 18.1. The number of hydrogen-bond acceptors (Lipinski definition) is 2. The van der Waals surface area contributed by atoms with E-state index >= 15 is 0 Å². The molecule has 2 aromatic rings. The number of likely N-dealkylation sites (tertiary alicyclic amines) is 1. The van der Waals surface area contributed by atoms with Crippen LogP contribution in [0.4, 0.5) is 0 Å². The van der Waals surface area contributed by atoms with E-state index in [1.54, 1.807) is 4.90 Å². The van der Waals surface area contributed by atoms with Crippen LogP contribution in [0.5, 0.6) is 0 Å². The molecule has 1 saturated heterocycles. The maximum atomic E-state index is 12.4. The molecule has 4 heteroatoms. The van der Waals surface area contributed by atoms with E-state index in [1.165, 1.54) is 27.8 Å². The summed E-state index contributed by atoms with van der Waals surface area (Å²) in [6.45, 7) is 1.06. The van der Waals surface area contributed by atoms with Gasteiger partial charge < -0.3 is 10.0 Å². The highest BCUT2D eigenvalue weighted by atomic mass is 16.4. The quantitative estimate of drug-likeness (QED) is 0.748. The van der Waals surface area contributed by atoms with Crippen LogP contribution in [-0.4, -0.2) is 35.0 Å². The zero-order valence-electron chi connectivity index (χ0n) is 15.5. The summed E-state index contributed by atoms with van der Waals surface area (Å²) in [5.41, 5.74) is 6.69. The average molecular weight is 363 g/mol. The van der Waals surface area contributed by atoms with Crippen LogP contribution in [0, 0.1) is 5.92 Å². The Morgan fingerprint density at radius 2 is 1.89 bits per heavy atom. The second-order valence-corrected chi connectivity index (χ2v) is 7.70. The first kappa shape index (κ1) is 17.8. The number of carbonyl (C=O) groups is 2. The fourth-order valence-corrected chi connectivity index (χ4v) is 4.33. The molecule has 4 rings (SSSR count). The minimum atomic E-state index is -0.786. The standard InChI is InChI=1S/C23H25NO3/c25-22(24-12-4-7-19(15-24)23(26)27)9-3-5-16-10-11-18-14-17-6-1-2-8-20(17)21(18)13-16/h1-2,6,8,10-11,13,19H,3-5,7,9,12,14-15H2,(H,26,27)/t19-/m0/s1. The number of nitrogens with zero attached hydrogens (tertiary/aromatic N) is 1. The van der Waals surface area contributed by atoms with Crippen molar-refractivity contribution in [3.63, 3.8) is 0 Å². The highest BCUT2D eigenvalue weighted by Gasteiger charge is 2.27. The molecular formula is C23H25NO3. The summed E-state index contributed by atoms with van der Waals surface area (Å²) in [6, 6.07) is 15.2. The van der Waals surface area contributed by atoms with Crippen LogP contribution in [0.1, 0.15) is 42.4 Å². The van der Waals surface area contributed by atoms with Gasteiger partial charge in [-0.25, -0.2) is 0 Å². The molecule has 2 aliphatic rings. The van der Waals surface area contributed by atoms with Crippen molar-refractivity contribution >= 4 is 11.9 Å². The van der Waals surface area contributed by atoms with Crippen LogP contribution in [0.15, 0.2) is 42.5 Å². The Kier molecular flexibility index (Phi) is 4.97. The van der Waals surface area contributed by atoms with Crippen molar-refractivity contribution in [1.29, 1.82) is 0 Å².